The van der Waals surface area contributed by atoms with Gasteiger partial charge >= 0.3 is 0 Å². The van der Waals surface area contributed by atoms with E-state index in [-0.39, 0.29) is 11.8 Å². The molecule has 126 valence electrons. The molecule has 1 aliphatic rings. The van der Waals surface area contributed by atoms with Gasteiger partial charge in [-0.1, -0.05) is 28.9 Å². The van der Waals surface area contributed by atoms with Crippen LogP contribution >= 0.6 is 0 Å². The van der Waals surface area contributed by atoms with E-state index < -0.39 is 0 Å². The number of hydrogen-bond donors (Lipinski definition) is 0. The molecule has 1 saturated heterocycles. The first-order chi connectivity index (χ1) is 12.1. The zero-order chi connectivity index (χ0) is 17.4. The average molecular weight is 334 g/mol. The molecule has 25 heavy (non-hydrogen) atoms. The molecule has 3 heterocycles. The van der Waals surface area contributed by atoms with Crippen molar-refractivity contribution in [2.75, 3.05) is 11.4 Å². The molecule has 0 unspecified atom stereocenters. The number of nitrogens with zero attached hydrogens (tertiary/aromatic N) is 4. The van der Waals surface area contributed by atoms with E-state index in [0.717, 1.165) is 11.3 Å². The second-order valence-corrected chi connectivity index (χ2v) is 6.37. The summed E-state index contributed by atoms with van der Waals surface area (Å²) in [6, 6.07) is 11.6. The Bertz CT molecular complexity index is 920. The highest BCUT2D eigenvalue weighted by Gasteiger charge is 2.35. The zero-order valence-corrected chi connectivity index (χ0v) is 14.1. The van der Waals surface area contributed by atoms with E-state index in [4.69, 9.17) is 4.52 Å². The molecular weight excluding hydrogens is 316 g/mol. The Morgan fingerprint density at radius 3 is 2.84 bits per heavy atom. The summed E-state index contributed by atoms with van der Waals surface area (Å²) in [4.78, 5) is 23.0. The monoisotopic (exact) mass is 334 g/mol. The molecule has 3 aromatic rings. The number of amides is 1. The standard InChI is InChI=1S/C19H18N4O2/c1-12-6-7-16(13(2)9-12)23-11-14(10-17(23)24)19-21-18(22-25-19)15-5-3-4-8-20-15/h3-9,14H,10-11H2,1-2H3/t14-/m1/s1. The lowest BCUT2D eigenvalue weighted by molar-refractivity contribution is -0.117. The summed E-state index contributed by atoms with van der Waals surface area (Å²) in [5, 5.41) is 4.00. The van der Waals surface area contributed by atoms with Crippen LogP contribution in [0.25, 0.3) is 11.5 Å². The predicted molar refractivity (Wildman–Crippen MR) is 93.2 cm³/mol. The summed E-state index contributed by atoms with van der Waals surface area (Å²) in [7, 11) is 0. The van der Waals surface area contributed by atoms with E-state index in [9.17, 15) is 4.79 Å². The lowest BCUT2D eigenvalue weighted by Crippen LogP contribution is -2.25. The fourth-order valence-electron chi connectivity index (χ4n) is 3.21. The van der Waals surface area contributed by atoms with Crippen LogP contribution in [0.1, 0.15) is 29.4 Å². The van der Waals surface area contributed by atoms with E-state index in [0.29, 0.717) is 30.4 Å². The summed E-state index contributed by atoms with van der Waals surface area (Å²) in [5.74, 6) is 0.919. The Morgan fingerprint density at radius 2 is 2.08 bits per heavy atom. The number of aromatic nitrogens is 3. The Balaban J connectivity index is 1.57. The van der Waals surface area contributed by atoms with Crippen molar-refractivity contribution in [3.63, 3.8) is 0 Å². The van der Waals surface area contributed by atoms with Crippen molar-refractivity contribution in [2.24, 2.45) is 0 Å². The van der Waals surface area contributed by atoms with E-state index >= 15 is 0 Å². The number of pyridine rings is 1. The van der Waals surface area contributed by atoms with Crippen LogP contribution in [0.4, 0.5) is 5.69 Å². The van der Waals surface area contributed by atoms with Gasteiger partial charge in [-0.15, -0.1) is 0 Å². The topological polar surface area (TPSA) is 72.1 Å². The summed E-state index contributed by atoms with van der Waals surface area (Å²) in [6.45, 7) is 4.62. The third kappa shape index (κ3) is 2.91. The van der Waals surface area contributed by atoms with Crippen molar-refractivity contribution >= 4 is 11.6 Å². The van der Waals surface area contributed by atoms with E-state index in [1.807, 2.05) is 49.1 Å². The van der Waals surface area contributed by atoms with Crippen LogP contribution in [-0.4, -0.2) is 27.6 Å². The minimum absolute atomic E-state index is 0.0783. The van der Waals surface area contributed by atoms with Gasteiger partial charge in [-0.3, -0.25) is 9.78 Å². The Hall–Kier alpha value is -3.02. The first-order valence-electron chi connectivity index (χ1n) is 8.24. The molecule has 0 N–H and O–H groups in total. The highest BCUT2D eigenvalue weighted by Crippen LogP contribution is 2.33. The fourth-order valence-corrected chi connectivity index (χ4v) is 3.21. The molecule has 2 aromatic heterocycles. The Morgan fingerprint density at radius 1 is 1.20 bits per heavy atom. The molecule has 0 spiro atoms. The summed E-state index contributed by atoms with van der Waals surface area (Å²) < 4.78 is 5.40. The van der Waals surface area contributed by atoms with Gasteiger partial charge in [-0.25, -0.2) is 0 Å². The molecule has 1 aliphatic heterocycles. The number of hydrogen-bond acceptors (Lipinski definition) is 5. The number of rotatable bonds is 3. The van der Waals surface area contributed by atoms with E-state index in [1.165, 1.54) is 5.56 Å². The maximum Gasteiger partial charge on any atom is 0.232 e. The van der Waals surface area contributed by atoms with Crippen molar-refractivity contribution in [1.29, 1.82) is 0 Å². The van der Waals surface area contributed by atoms with Crippen LogP contribution in [-0.2, 0) is 4.79 Å². The quantitative estimate of drug-likeness (QED) is 0.735. The second kappa shape index (κ2) is 6.12. The third-order valence-electron chi connectivity index (χ3n) is 4.45. The maximum atomic E-state index is 12.5. The van der Waals surface area contributed by atoms with Crippen molar-refractivity contribution in [2.45, 2.75) is 26.2 Å². The van der Waals surface area contributed by atoms with Crippen molar-refractivity contribution in [3.8, 4) is 11.5 Å². The van der Waals surface area contributed by atoms with Gasteiger partial charge in [-0.2, -0.15) is 4.98 Å². The molecule has 1 aromatic carbocycles. The molecule has 6 heteroatoms. The molecule has 0 bridgehead atoms. The summed E-state index contributed by atoms with van der Waals surface area (Å²) >= 11 is 0. The van der Waals surface area contributed by atoms with E-state index in [2.05, 4.69) is 21.2 Å². The molecule has 0 radical (unpaired) electrons. The van der Waals surface area contributed by atoms with Gasteiger partial charge in [-0.05, 0) is 37.6 Å². The Kier molecular flexibility index (Phi) is 3.80. The highest BCUT2D eigenvalue weighted by molar-refractivity contribution is 5.97. The minimum Gasteiger partial charge on any atom is -0.339 e. The SMILES string of the molecule is Cc1ccc(N2C[C@H](c3nc(-c4ccccn4)no3)CC2=O)c(C)c1. The molecule has 1 amide bonds. The van der Waals surface area contributed by atoms with Gasteiger partial charge in [0.15, 0.2) is 0 Å². The van der Waals surface area contributed by atoms with Gasteiger partial charge < -0.3 is 9.42 Å². The zero-order valence-electron chi connectivity index (χ0n) is 14.1. The number of carbonyl (C=O) groups excluding carboxylic acids is 1. The van der Waals surface area contributed by atoms with Crippen molar-refractivity contribution < 1.29 is 9.32 Å². The van der Waals surface area contributed by atoms with Crippen LogP contribution in [0, 0.1) is 13.8 Å². The lowest BCUT2D eigenvalue weighted by atomic mass is 10.1. The average Bonchev–Trinajstić information content (AvgIpc) is 3.23. The number of carbonyl (C=O) groups is 1. The molecule has 1 atom stereocenters. The van der Waals surface area contributed by atoms with Gasteiger partial charge in [0.1, 0.15) is 5.69 Å². The van der Waals surface area contributed by atoms with Gasteiger partial charge in [0, 0.05) is 24.8 Å². The van der Waals surface area contributed by atoms with Crippen LogP contribution < -0.4 is 4.90 Å². The summed E-state index contributed by atoms with van der Waals surface area (Å²) in [5.41, 5.74) is 3.88. The summed E-state index contributed by atoms with van der Waals surface area (Å²) in [6.07, 6.45) is 2.06. The third-order valence-corrected chi connectivity index (χ3v) is 4.45. The minimum atomic E-state index is -0.0989. The molecule has 6 nitrogen and oxygen atoms in total. The molecule has 0 aliphatic carbocycles. The first-order valence-corrected chi connectivity index (χ1v) is 8.24. The number of benzene rings is 1. The van der Waals surface area contributed by atoms with Crippen LogP contribution in [0.5, 0.6) is 0 Å². The van der Waals surface area contributed by atoms with Gasteiger partial charge in [0.05, 0.1) is 5.92 Å². The smallest absolute Gasteiger partial charge is 0.232 e. The molecular formula is C19H18N4O2. The largest absolute Gasteiger partial charge is 0.339 e. The molecule has 1 fully saturated rings. The maximum absolute atomic E-state index is 12.5. The van der Waals surface area contributed by atoms with Gasteiger partial charge in [0.2, 0.25) is 17.6 Å². The van der Waals surface area contributed by atoms with Gasteiger partial charge in [0.25, 0.3) is 0 Å². The van der Waals surface area contributed by atoms with Crippen LogP contribution in [0.3, 0.4) is 0 Å². The van der Waals surface area contributed by atoms with Crippen LogP contribution in [0.2, 0.25) is 0 Å². The normalized spacial score (nSPS) is 17.3. The highest BCUT2D eigenvalue weighted by atomic mass is 16.5. The van der Waals surface area contributed by atoms with Crippen molar-refractivity contribution in [1.82, 2.24) is 15.1 Å². The fraction of sp³-hybridized carbons (Fsp3) is 0.263. The lowest BCUT2D eigenvalue weighted by Gasteiger charge is -2.19. The Labute approximate surface area is 145 Å². The van der Waals surface area contributed by atoms with Crippen molar-refractivity contribution in [3.05, 3.63) is 59.6 Å². The number of aryl methyl sites for hydroxylation is 2. The number of anilines is 1. The molecule has 0 saturated carbocycles. The van der Waals surface area contributed by atoms with E-state index in [1.54, 1.807) is 6.20 Å². The second-order valence-electron chi connectivity index (χ2n) is 6.37. The first kappa shape index (κ1) is 15.5. The van der Waals surface area contributed by atoms with Crippen LogP contribution in [0.15, 0.2) is 47.1 Å². The molecule has 4 rings (SSSR count). The predicted octanol–water partition coefficient (Wildman–Crippen LogP) is 3.27.